The Hall–Kier alpha value is -1.89. The zero-order valence-corrected chi connectivity index (χ0v) is 15.7. The summed E-state index contributed by atoms with van der Waals surface area (Å²) in [6.45, 7) is 3.14. The van der Waals surface area contributed by atoms with Gasteiger partial charge in [-0.3, -0.25) is 4.79 Å². The van der Waals surface area contributed by atoms with E-state index in [1.807, 2.05) is 55.5 Å². The van der Waals surface area contributed by atoms with E-state index < -0.39 is 0 Å². The Labute approximate surface area is 156 Å². The quantitative estimate of drug-likeness (QED) is 0.693. The van der Waals surface area contributed by atoms with Crippen LogP contribution in [0.5, 0.6) is 5.75 Å². The van der Waals surface area contributed by atoms with E-state index in [1.165, 1.54) is 0 Å². The molecule has 1 saturated heterocycles. The molecular weight excluding hydrogens is 382 g/mol. The fourth-order valence-corrected chi connectivity index (χ4v) is 3.32. The number of ether oxygens (including phenoxy) is 1. The monoisotopic (exact) mass is 403 g/mol. The van der Waals surface area contributed by atoms with Crippen LogP contribution in [0, 0.1) is 0 Å². The van der Waals surface area contributed by atoms with Crippen molar-refractivity contribution in [2.24, 2.45) is 0 Å². The minimum atomic E-state index is -0.247. The first kappa shape index (κ1) is 17.9. The van der Waals surface area contributed by atoms with E-state index in [1.54, 1.807) is 0 Å². The Bertz CT molecular complexity index is 721. The number of halogens is 1. The third kappa shape index (κ3) is 4.81. The summed E-state index contributed by atoms with van der Waals surface area (Å²) in [4.78, 5) is 12.4. The molecule has 132 valence electrons. The summed E-state index contributed by atoms with van der Waals surface area (Å²) in [6.07, 6.45) is 0.707. The molecule has 0 bridgehead atoms. The molecule has 0 saturated carbocycles. The molecule has 3 rings (SSSR count). The minimum Gasteiger partial charge on any atom is -0.494 e. The van der Waals surface area contributed by atoms with E-state index in [2.05, 4.69) is 32.1 Å². The highest BCUT2D eigenvalue weighted by Crippen LogP contribution is 2.24. The fourth-order valence-electron chi connectivity index (χ4n) is 2.87. The summed E-state index contributed by atoms with van der Waals surface area (Å²) in [6, 6.07) is 15.8. The predicted octanol–water partition coefficient (Wildman–Crippen LogP) is 3.07. The summed E-state index contributed by atoms with van der Waals surface area (Å²) in [7, 11) is 0. The zero-order valence-electron chi connectivity index (χ0n) is 14.1. The highest BCUT2D eigenvalue weighted by molar-refractivity contribution is 9.10. The molecule has 1 amide bonds. The van der Waals surface area contributed by atoms with Crippen LogP contribution in [0.15, 0.2) is 53.0 Å². The second kappa shape index (κ2) is 8.47. The van der Waals surface area contributed by atoms with E-state index in [9.17, 15) is 4.79 Å². The van der Waals surface area contributed by atoms with E-state index in [0.717, 1.165) is 21.3 Å². The average molecular weight is 404 g/mol. The first-order chi connectivity index (χ1) is 12.2. The molecule has 25 heavy (non-hydrogen) atoms. The lowest BCUT2D eigenvalue weighted by Crippen LogP contribution is -2.42. The Balaban J connectivity index is 1.52. The van der Waals surface area contributed by atoms with Gasteiger partial charge in [-0.25, -0.2) is 10.9 Å². The Morgan fingerprint density at radius 2 is 2.04 bits per heavy atom. The van der Waals surface area contributed by atoms with Gasteiger partial charge in [0.05, 0.1) is 6.61 Å². The maximum atomic E-state index is 12.4. The van der Waals surface area contributed by atoms with Crippen molar-refractivity contribution in [1.29, 1.82) is 0 Å². The molecule has 0 spiro atoms. The number of amides is 1. The Kier molecular flexibility index (Phi) is 6.07. The van der Waals surface area contributed by atoms with Crippen LogP contribution in [0.1, 0.15) is 30.5 Å². The lowest BCUT2D eigenvalue weighted by molar-refractivity contribution is -0.123. The molecule has 5 nitrogen and oxygen atoms in total. The number of rotatable bonds is 6. The highest BCUT2D eigenvalue weighted by atomic mass is 79.9. The molecule has 6 heteroatoms. The van der Waals surface area contributed by atoms with E-state index in [-0.39, 0.29) is 18.0 Å². The van der Waals surface area contributed by atoms with Crippen molar-refractivity contribution in [2.45, 2.75) is 32.0 Å². The van der Waals surface area contributed by atoms with Gasteiger partial charge in [0.25, 0.3) is 0 Å². The van der Waals surface area contributed by atoms with Gasteiger partial charge in [0.15, 0.2) is 0 Å². The van der Waals surface area contributed by atoms with Crippen LogP contribution in [0.25, 0.3) is 0 Å². The maximum Gasteiger partial charge on any atom is 0.238 e. The number of hydrogen-bond donors (Lipinski definition) is 3. The summed E-state index contributed by atoms with van der Waals surface area (Å²) < 4.78 is 6.47. The highest BCUT2D eigenvalue weighted by Gasteiger charge is 2.29. The van der Waals surface area contributed by atoms with Gasteiger partial charge in [0, 0.05) is 17.1 Å². The van der Waals surface area contributed by atoms with Crippen molar-refractivity contribution >= 4 is 21.8 Å². The van der Waals surface area contributed by atoms with Gasteiger partial charge in [0.2, 0.25) is 5.91 Å². The second-order valence-electron chi connectivity index (χ2n) is 5.98. The minimum absolute atomic E-state index is 0.000844. The van der Waals surface area contributed by atoms with Gasteiger partial charge < -0.3 is 10.1 Å². The lowest BCUT2D eigenvalue weighted by Gasteiger charge is -2.11. The number of carbonyl (C=O) groups is 1. The first-order valence-electron chi connectivity index (χ1n) is 8.41. The van der Waals surface area contributed by atoms with Gasteiger partial charge in [-0.2, -0.15) is 0 Å². The number of nitrogens with one attached hydrogen (secondary N) is 3. The molecule has 2 aromatic carbocycles. The van der Waals surface area contributed by atoms with Crippen molar-refractivity contribution in [3.8, 4) is 5.75 Å². The Morgan fingerprint density at radius 3 is 2.76 bits per heavy atom. The molecule has 2 atom stereocenters. The molecule has 0 radical (unpaired) electrons. The Morgan fingerprint density at radius 1 is 1.24 bits per heavy atom. The molecule has 1 heterocycles. The second-order valence-corrected chi connectivity index (χ2v) is 6.89. The smallest absolute Gasteiger partial charge is 0.238 e. The van der Waals surface area contributed by atoms with E-state index in [0.29, 0.717) is 19.6 Å². The topological polar surface area (TPSA) is 62.4 Å². The van der Waals surface area contributed by atoms with Gasteiger partial charge in [-0.1, -0.05) is 40.2 Å². The predicted molar refractivity (Wildman–Crippen MR) is 101 cm³/mol. The molecule has 2 aromatic rings. The zero-order chi connectivity index (χ0) is 17.6. The van der Waals surface area contributed by atoms with Crippen LogP contribution >= 0.6 is 15.9 Å². The lowest BCUT2D eigenvalue weighted by atomic mass is 10.0. The van der Waals surface area contributed by atoms with Crippen LogP contribution in [0.2, 0.25) is 0 Å². The van der Waals surface area contributed by atoms with Crippen molar-refractivity contribution < 1.29 is 9.53 Å². The third-order valence-electron chi connectivity index (χ3n) is 4.17. The summed E-state index contributed by atoms with van der Waals surface area (Å²) in [5.74, 6) is 0.862. The average Bonchev–Trinajstić information content (AvgIpc) is 3.11. The molecule has 1 aliphatic rings. The van der Waals surface area contributed by atoms with E-state index >= 15 is 0 Å². The van der Waals surface area contributed by atoms with Crippen LogP contribution in [0.4, 0.5) is 0 Å². The fraction of sp³-hybridized carbons (Fsp3) is 0.316. The van der Waals surface area contributed by atoms with Crippen LogP contribution in [-0.2, 0) is 11.3 Å². The van der Waals surface area contributed by atoms with Crippen molar-refractivity contribution in [1.82, 2.24) is 16.2 Å². The molecule has 3 N–H and O–H groups in total. The summed E-state index contributed by atoms with van der Waals surface area (Å²) >= 11 is 3.44. The molecule has 1 fully saturated rings. The van der Waals surface area contributed by atoms with Gasteiger partial charge in [0.1, 0.15) is 11.8 Å². The normalized spacial score (nSPS) is 19.6. The molecule has 0 aliphatic carbocycles. The third-order valence-corrected chi connectivity index (χ3v) is 4.66. The molecular formula is C19H22BrN3O2. The molecule has 1 aliphatic heterocycles. The SMILES string of the molecule is CCOc1ccc(C2CC(C(=O)NCc3cccc(Br)c3)NN2)cc1. The first-order valence-corrected chi connectivity index (χ1v) is 9.21. The molecule has 2 unspecified atom stereocenters. The number of carbonyl (C=O) groups excluding carboxylic acids is 1. The number of benzene rings is 2. The van der Waals surface area contributed by atoms with Crippen LogP contribution in [-0.4, -0.2) is 18.6 Å². The van der Waals surface area contributed by atoms with Gasteiger partial charge in [-0.15, -0.1) is 0 Å². The maximum absolute atomic E-state index is 12.4. The van der Waals surface area contributed by atoms with Gasteiger partial charge in [-0.05, 0) is 48.7 Å². The largest absolute Gasteiger partial charge is 0.494 e. The standard InChI is InChI=1S/C19H22BrN3O2/c1-2-25-16-8-6-14(7-9-16)17-11-18(23-22-17)19(24)21-12-13-4-3-5-15(20)10-13/h3-10,17-18,22-23H,2,11-12H2,1H3,(H,21,24). The summed E-state index contributed by atoms with van der Waals surface area (Å²) in [5, 5.41) is 2.98. The number of hydrazine groups is 1. The van der Waals surface area contributed by atoms with Crippen LogP contribution < -0.4 is 20.9 Å². The van der Waals surface area contributed by atoms with E-state index in [4.69, 9.17) is 4.74 Å². The molecule has 0 aromatic heterocycles. The van der Waals surface area contributed by atoms with Crippen LogP contribution in [0.3, 0.4) is 0 Å². The number of hydrogen-bond acceptors (Lipinski definition) is 4. The van der Waals surface area contributed by atoms with Gasteiger partial charge >= 0.3 is 0 Å². The van der Waals surface area contributed by atoms with Crippen molar-refractivity contribution in [3.63, 3.8) is 0 Å². The van der Waals surface area contributed by atoms with Crippen molar-refractivity contribution in [2.75, 3.05) is 6.61 Å². The summed E-state index contributed by atoms with van der Waals surface area (Å²) in [5.41, 5.74) is 8.50. The van der Waals surface area contributed by atoms with Crippen molar-refractivity contribution in [3.05, 3.63) is 64.1 Å².